The second-order valence-electron chi connectivity index (χ2n) is 3.59. The van der Waals surface area contributed by atoms with Crippen molar-refractivity contribution in [2.45, 2.75) is 25.9 Å². The van der Waals surface area contributed by atoms with Crippen molar-refractivity contribution >= 4 is 0 Å². The highest BCUT2D eigenvalue weighted by atomic mass is 19.1. The number of ether oxygens (including phenoxy) is 1. The van der Waals surface area contributed by atoms with Gasteiger partial charge in [-0.25, -0.2) is 4.39 Å². The van der Waals surface area contributed by atoms with E-state index in [1.54, 1.807) is 6.07 Å². The van der Waals surface area contributed by atoms with E-state index in [1.165, 1.54) is 12.1 Å². The van der Waals surface area contributed by atoms with Gasteiger partial charge in [0, 0.05) is 12.7 Å². The van der Waals surface area contributed by atoms with Crippen LogP contribution in [0, 0.1) is 5.82 Å². The third-order valence-electron chi connectivity index (χ3n) is 2.18. The Hall–Kier alpha value is -1.13. The molecule has 0 aromatic heterocycles. The molecule has 0 radical (unpaired) electrons. The van der Waals surface area contributed by atoms with Gasteiger partial charge in [-0.1, -0.05) is 0 Å². The van der Waals surface area contributed by atoms with E-state index in [1.807, 2.05) is 0 Å². The fourth-order valence-corrected chi connectivity index (χ4v) is 1.38. The number of benzene rings is 1. The monoisotopic (exact) mass is 228 g/mol. The van der Waals surface area contributed by atoms with E-state index >= 15 is 0 Å². The van der Waals surface area contributed by atoms with E-state index in [9.17, 15) is 4.39 Å². The first kappa shape index (κ1) is 12.9. The van der Waals surface area contributed by atoms with E-state index in [0.717, 1.165) is 19.3 Å². The Morgan fingerprint density at radius 2 is 1.88 bits per heavy atom. The second-order valence-corrected chi connectivity index (χ2v) is 3.59. The molecule has 3 nitrogen and oxygen atoms in total. The summed E-state index contributed by atoms with van der Waals surface area (Å²) >= 11 is 0. The van der Waals surface area contributed by atoms with Gasteiger partial charge < -0.3 is 14.9 Å². The van der Waals surface area contributed by atoms with E-state index in [2.05, 4.69) is 0 Å². The van der Waals surface area contributed by atoms with Crippen LogP contribution in [-0.2, 0) is 6.61 Å². The van der Waals surface area contributed by atoms with Gasteiger partial charge in [-0.15, -0.1) is 0 Å². The van der Waals surface area contributed by atoms with Crippen molar-refractivity contribution in [3.8, 4) is 5.75 Å². The smallest absolute Gasteiger partial charge is 0.127 e. The van der Waals surface area contributed by atoms with Crippen molar-refractivity contribution in [2.75, 3.05) is 13.2 Å². The third-order valence-corrected chi connectivity index (χ3v) is 2.18. The van der Waals surface area contributed by atoms with Crippen LogP contribution >= 0.6 is 0 Å². The van der Waals surface area contributed by atoms with Gasteiger partial charge in [-0.05, 0) is 37.0 Å². The molecule has 0 fully saturated rings. The fraction of sp³-hybridized carbons (Fsp3) is 0.500. The number of hydrogen-bond donors (Lipinski definition) is 2. The average Bonchev–Trinajstić information content (AvgIpc) is 2.28. The van der Waals surface area contributed by atoms with E-state index < -0.39 is 5.82 Å². The van der Waals surface area contributed by atoms with Crippen molar-refractivity contribution in [3.63, 3.8) is 0 Å². The molecule has 0 unspecified atom stereocenters. The maximum Gasteiger partial charge on any atom is 0.127 e. The first-order valence-electron chi connectivity index (χ1n) is 5.40. The molecule has 0 aliphatic carbocycles. The van der Waals surface area contributed by atoms with Gasteiger partial charge in [0.2, 0.25) is 0 Å². The van der Waals surface area contributed by atoms with Crippen LogP contribution < -0.4 is 4.74 Å². The van der Waals surface area contributed by atoms with Gasteiger partial charge >= 0.3 is 0 Å². The van der Waals surface area contributed by atoms with Crippen molar-refractivity contribution in [3.05, 3.63) is 29.6 Å². The van der Waals surface area contributed by atoms with Crippen molar-refractivity contribution < 1.29 is 19.3 Å². The van der Waals surface area contributed by atoms with Crippen molar-refractivity contribution in [1.29, 1.82) is 0 Å². The number of aliphatic hydroxyl groups is 2. The summed E-state index contributed by atoms with van der Waals surface area (Å²) in [4.78, 5) is 0. The fourth-order valence-electron chi connectivity index (χ4n) is 1.38. The van der Waals surface area contributed by atoms with E-state index in [-0.39, 0.29) is 13.2 Å². The van der Waals surface area contributed by atoms with Crippen LogP contribution in [0.15, 0.2) is 18.2 Å². The predicted molar refractivity (Wildman–Crippen MR) is 58.8 cm³/mol. The molecule has 0 saturated heterocycles. The SMILES string of the molecule is OCCCCCOc1cc(F)cc(CO)c1. The standard InChI is InChI=1S/C12H17FO3/c13-11-6-10(9-15)7-12(8-11)16-5-3-1-2-4-14/h6-8,14-15H,1-5,9H2. The number of unbranched alkanes of at least 4 members (excludes halogenated alkanes) is 2. The second kappa shape index (κ2) is 7.19. The zero-order valence-corrected chi connectivity index (χ0v) is 9.16. The maximum atomic E-state index is 13.0. The van der Waals surface area contributed by atoms with Gasteiger partial charge in [-0.3, -0.25) is 0 Å². The highest BCUT2D eigenvalue weighted by Crippen LogP contribution is 2.16. The minimum atomic E-state index is -0.406. The molecule has 0 heterocycles. The molecule has 0 aliphatic heterocycles. The molecular formula is C12H17FO3. The van der Waals surface area contributed by atoms with Crippen LogP contribution in [0.25, 0.3) is 0 Å². The van der Waals surface area contributed by atoms with Gasteiger partial charge in [0.15, 0.2) is 0 Å². The van der Waals surface area contributed by atoms with Crippen LogP contribution in [0.2, 0.25) is 0 Å². The molecular weight excluding hydrogens is 211 g/mol. The lowest BCUT2D eigenvalue weighted by Crippen LogP contribution is -1.99. The van der Waals surface area contributed by atoms with E-state index in [0.29, 0.717) is 17.9 Å². The zero-order valence-electron chi connectivity index (χ0n) is 9.16. The normalized spacial score (nSPS) is 10.4. The minimum absolute atomic E-state index is 0.189. The molecule has 0 saturated carbocycles. The third kappa shape index (κ3) is 4.59. The average molecular weight is 228 g/mol. The van der Waals surface area contributed by atoms with Crippen molar-refractivity contribution in [2.24, 2.45) is 0 Å². The molecule has 0 aliphatic rings. The van der Waals surface area contributed by atoms with Crippen LogP contribution in [0.3, 0.4) is 0 Å². The first-order valence-corrected chi connectivity index (χ1v) is 5.40. The molecule has 16 heavy (non-hydrogen) atoms. The number of rotatable bonds is 7. The minimum Gasteiger partial charge on any atom is -0.493 e. The van der Waals surface area contributed by atoms with Crippen molar-refractivity contribution in [1.82, 2.24) is 0 Å². The molecule has 4 heteroatoms. The summed E-state index contributed by atoms with van der Waals surface area (Å²) in [6.45, 7) is 0.488. The van der Waals surface area contributed by atoms with Crippen LogP contribution in [0.1, 0.15) is 24.8 Å². The molecule has 0 amide bonds. The molecule has 1 rings (SSSR count). The number of halogens is 1. The summed E-state index contributed by atoms with van der Waals surface area (Å²) in [5.41, 5.74) is 0.505. The topological polar surface area (TPSA) is 49.7 Å². The summed E-state index contributed by atoms with van der Waals surface area (Å²) in [5.74, 6) is 0.0324. The van der Waals surface area contributed by atoms with Crippen LogP contribution in [0.4, 0.5) is 4.39 Å². The van der Waals surface area contributed by atoms with Gasteiger partial charge in [0.25, 0.3) is 0 Å². The predicted octanol–water partition coefficient (Wildman–Crippen LogP) is 1.86. The van der Waals surface area contributed by atoms with E-state index in [4.69, 9.17) is 14.9 Å². The summed E-state index contributed by atoms with van der Waals surface area (Å²) < 4.78 is 18.4. The Morgan fingerprint density at radius 3 is 2.56 bits per heavy atom. The molecule has 0 spiro atoms. The van der Waals surface area contributed by atoms with Gasteiger partial charge in [0.05, 0.1) is 13.2 Å². The summed E-state index contributed by atoms with van der Waals surface area (Å²) in [7, 11) is 0. The van der Waals surface area contributed by atoms with Crippen LogP contribution in [-0.4, -0.2) is 23.4 Å². The first-order chi connectivity index (χ1) is 7.76. The van der Waals surface area contributed by atoms with Gasteiger partial charge in [-0.2, -0.15) is 0 Å². The Kier molecular flexibility index (Phi) is 5.82. The highest BCUT2D eigenvalue weighted by molar-refractivity contribution is 5.29. The number of hydrogen-bond acceptors (Lipinski definition) is 3. The Morgan fingerprint density at radius 1 is 1.06 bits per heavy atom. The zero-order chi connectivity index (χ0) is 11.8. The van der Waals surface area contributed by atoms with Crippen LogP contribution in [0.5, 0.6) is 5.75 Å². The largest absolute Gasteiger partial charge is 0.493 e. The maximum absolute atomic E-state index is 13.0. The lowest BCUT2D eigenvalue weighted by atomic mass is 10.2. The summed E-state index contributed by atoms with van der Waals surface area (Å²) in [5, 5.41) is 17.4. The Balaban J connectivity index is 2.38. The quantitative estimate of drug-likeness (QED) is 0.700. The summed E-state index contributed by atoms with van der Waals surface area (Å²) in [6, 6.07) is 4.19. The lowest BCUT2D eigenvalue weighted by molar-refractivity contribution is 0.263. The van der Waals surface area contributed by atoms with Gasteiger partial charge in [0.1, 0.15) is 11.6 Å². The molecule has 1 aromatic carbocycles. The lowest BCUT2D eigenvalue weighted by Gasteiger charge is -2.07. The molecule has 2 N–H and O–H groups in total. The highest BCUT2D eigenvalue weighted by Gasteiger charge is 2.01. The molecule has 0 atom stereocenters. The Labute approximate surface area is 94.5 Å². The summed E-state index contributed by atoms with van der Waals surface area (Å²) in [6.07, 6.45) is 2.47. The molecule has 1 aromatic rings. The number of aliphatic hydroxyl groups excluding tert-OH is 2. The molecule has 90 valence electrons. The Bertz CT molecular complexity index is 315. The molecule has 0 bridgehead atoms.